The zero-order valence-electron chi connectivity index (χ0n) is 11.6. The van der Waals surface area contributed by atoms with E-state index in [2.05, 4.69) is 0 Å². The minimum atomic E-state index is -3.99. The molecule has 0 aromatic heterocycles. The summed E-state index contributed by atoms with van der Waals surface area (Å²) in [7, 11) is -13.3. The van der Waals surface area contributed by atoms with Crippen molar-refractivity contribution >= 4 is 36.9 Å². The minimum Gasteiger partial charge on any atom is -0.425 e. The van der Waals surface area contributed by atoms with Crippen LogP contribution in [0.15, 0.2) is 0 Å². The van der Waals surface area contributed by atoms with Gasteiger partial charge < -0.3 is 16.5 Å². The summed E-state index contributed by atoms with van der Waals surface area (Å²) in [5.41, 5.74) is 0. The average molecular weight is 245 g/mol. The van der Waals surface area contributed by atoms with Crippen LogP contribution in [0.4, 0.5) is 0 Å². The summed E-state index contributed by atoms with van der Waals surface area (Å²) in [5, 5.41) is 0. The standard InChI is InChI=1S/C4H16O4Si4/c1-11(2)6-9-5-10-7-12(3,4)8-11/h9-10H2,1-4H3/i9D2,10D2. The van der Waals surface area contributed by atoms with Crippen LogP contribution in [0.25, 0.3) is 0 Å². The maximum Gasteiger partial charge on any atom is 0.313 e. The first-order valence-electron chi connectivity index (χ1n) is 5.63. The van der Waals surface area contributed by atoms with Crippen molar-refractivity contribution in [2.75, 3.05) is 0 Å². The maximum absolute atomic E-state index is 7.55. The molecule has 1 aliphatic rings. The fourth-order valence-electron chi connectivity index (χ4n) is 0.893. The first-order chi connectivity index (χ1) is 6.83. The zero-order chi connectivity index (χ0) is 12.8. The van der Waals surface area contributed by atoms with E-state index in [1.807, 2.05) is 0 Å². The monoisotopic (exact) mass is 244 g/mol. The quantitative estimate of drug-likeness (QED) is 0.537. The van der Waals surface area contributed by atoms with Crippen LogP contribution >= 0.6 is 0 Å². The zero-order valence-corrected chi connectivity index (χ0v) is 11.6. The fourth-order valence-corrected chi connectivity index (χ4v) is 9.54. The van der Waals surface area contributed by atoms with Gasteiger partial charge in [0.2, 0.25) is 0 Å². The Kier molecular flexibility index (Phi) is 1.99. The Bertz CT molecular complexity index is 213. The molecule has 0 aromatic carbocycles. The lowest BCUT2D eigenvalue weighted by Crippen LogP contribution is -2.52. The Labute approximate surface area is 85.1 Å². The molecule has 1 aliphatic heterocycles. The van der Waals surface area contributed by atoms with Crippen molar-refractivity contribution in [2.45, 2.75) is 26.2 Å². The van der Waals surface area contributed by atoms with Crippen LogP contribution in [0.5, 0.6) is 0 Å². The van der Waals surface area contributed by atoms with Gasteiger partial charge in [-0.1, -0.05) is 0 Å². The second-order valence-electron chi connectivity index (χ2n) is 3.37. The van der Waals surface area contributed by atoms with Crippen molar-refractivity contribution in [1.29, 1.82) is 4.94 Å². The molecule has 12 heavy (non-hydrogen) atoms. The molecule has 1 rings (SSSR count). The number of hydrogen-bond acceptors (Lipinski definition) is 4. The molecule has 4 nitrogen and oxygen atoms in total. The summed E-state index contributed by atoms with van der Waals surface area (Å²) in [4.78, 5) is 0. The van der Waals surface area contributed by atoms with E-state index in [9.17, 15) is 0 Å². The first kappa shape index (κ1) is 6.24. The summed E-state index contributed by atoms with van der Waals surface area (Å²) in [5.74, 6) is 0. The van der Waals surface area contributed by atoms with Gasteiger partial charge in [-0.2, -0.15) is 0 Å². The lowest BCUT2D eigenvalue weighted by atomic mass is 11.9. The smallest absolute Gasteiger partial charge is 0.313 e. The normalized spacial score (nSPS) is 42.3. The highest BCUT2D eigenvalue weighted by atomic mass is 28.5. The highest BCUT2D eigenvalue weighted by Gasteiger charge is 2.37. The Morgan fingerprint density at radius 2 is 1.42 bits per heavy atom. The van der Waals surface area contributed by atoms with Crippen LogP contribution in [-0.4, -0.2) is 41.8 Å². The molecule has 0 saturated carbocycles. The Morgan fingerprint density at radius 1 is 1.00 bits per heavy atom. The Hall–Kier alpha value is 0.708. The summed E-state index contributed by atoms with van der Waals surface area (Å²) in [6.45, 7) is 6.84. The van der Waals surface area contributed by atoms with Crippen molar-refractivity contribution in [1.82, 2.24) is 0 Å². The largest absolute Gasteiger partial charge is 0.425 e. The van der Waals surface area contributed by atoms with Gasteiger partial charge in [0.1, 0.15) is 0 Å². The summed E-state index contributed by atoms with van der Waals surface area (Å²) >= 11 is 0. The molecule has 0 spiro atoms. The summed E-state index contributed by atoms with van der Waals surface area (Å²) in [6, 6.07) is 0. The molecule has 0 atom stereocenters. The van der Waals surface area contributed by atoms with Crippen molar-refractivity contribution in [3.8, 4) is 0 Å². The van der Waals surface area contributed by atoms with E-state index in [1.165, 1.54) is 0 Å². The molecular weight excluding hydrogens is 224 g/mol. The third-order valence-electron chi connectivity index (χ3n) is 1.15. The van der Waals surface area contributed by atoms with Crippen LogP contribution in [0, 0.1) is 0 Å². The molecule has 0 aliphatic carbocycles. The maximum atomic E-state index is 7.55. The van der Waals surface area contributed by atoms with Crippen molar-refractivity contribution in [3.05, 3.63) is 0 Å². The predicted octanol–water partition coefficient (Wildman–Crippen LogP) is -0.532. The van der Waals surface area contributed by atoms with Gasteiger partial charge in [-0.25, -0.2) is 0 Å². The number of rotatable bonds is 0. The molecule has 72 valence electrons. The number of hydrogen-bond donors (Lipinski definition) is 0. The third-order valence-corrected chi connectivity index (χ3v) is 10.3. The van der Waals surface area contributed by atoms with Crippen LogP contribution in [0.1, 0.15) is 0 Å². The molecule has 0 aromatic rings. The van der Waals surface area contributed by atoms with Gasteiger partial charge >= 0.3 is 17.1 Å². The van der Waals surface area contributed by atoms with Gasteiger partial charge in [0.05, 0.1) is 4.94 Å². The molecule has 0 unspecified atom stereocenters. The fraction of sp³-hybridized carbons (Fsp3) is 1.00. The van der Waals surface area contributed by atoms with E-state index in [-0.39, 0.29) is 0 Å². The molecule has 1 heterocycles. The van der Waals surface area contributed by atoms with E-state index in [0.29, 0.717) is 0 Å². The van der Waals surface area contributed by atoms with Crippen molar-refractivity contribution < 1.29 is 16.5 Å². The van der Waals surface area contributed by atoms with Crippen LogP contribution in [0.2, 0.25) is 26.2 Å². The van der Waals surface area contributed by atoms with E-state index < -0.39 is 36.9 Å². The average Bonchev–Trinajstić information content (AvgIpc) is 1.67. The van der Waals surface area contributed by atoms with E-state index in [4.69, 9.17) is 21.4 Å². The van der Waals surface area contributed by atoms with E-state index in [1.54, 1.807) is 26.2 Å². The Balaban J connectivity index is 2.98. The topological polar surface area (TPSA) is 36.9 Å². The van der Waals surface area contributed by atoms with E-state index in [0.717, 1.165) is 0 Å². The highest BCUT2D eigenvalue weighted by molar-refractivity contribution is 6.82. The van der Waals surface area contributed by atoms with E-state index >= 15 is 0 Å². The molecule has 0 radical (unpaired) electrons. The molecule has 1 saturated heterocycles. The molecule has 8 heteroatoms. The lowest BCUT2D eigenvalue weighted by molar-refractivity contribution is 0.286. The molecule has 0 bridgehead atoms. The third kappa shape index (κ3) is 3.61. The van der Waals surface area contributed by atoms with Gasteiger partial charge in [-0.15, -0.1) is 0 Å². The molecular formula is C4H16O4Si4. The second kappa shape index (κ2) is 3.84. The highest BCUT2D eigenvalue weighted by Crippen LogP contribution is 2.17. The first-order valence-corrected chi connectivity index (χ1v) is 10.9. The van der Waals surface area contributed by atoms with Gasteiger partial charge in [-0.3, -0.25) is 0 Å². The lowest BCUT2D eigenvalue weighted by Gasteiger charge is -2.35. The van der Waals surface area contributed by atoms with Crippen LogP contribution in [-0.2, 0) is 16.5 Å². The molecule has 0 N–H and O–H groups in total. The predicted molar refractivity (Wildman–Crippen MR) is 56.4 cm³/mol. The van der Waals surface area contributed by atoms with Crippen molar-refractivity contribution in [3.63, 3.8) is 0 Å². The second-order valence-corrected chi connectivity index (χ2v) is 12.6. The SMILES string of the molecule is [2H][Si]1([2H])O[Si]([2H])([2H])O[Si](C)(C)O[Si](C)(C)O1. The van der Waals surface area contributed by atoms with Crippen LogP contribution in [0.3, 0.4) is 0 Å². The molecule has 0 amide bonds. The summed E-state index contributed by atoms with van der Waals surface area (Å²) in [6.07, 6.45) is 0. The van der Waals surface area contributed by atoms with Crippen LogP contribution < -0.4 is 0 Å². The summed E-state index contributed by atoms with van der Waals surface area (Å²) < 4.78 is 51.2. The Morgan fingerprint density at radius 3 is 1.83 bits per heavy atom. The molecule has 1 fully saturated rings. The van der Waals surface area contributed by atoms with Gasteiger partial charge in [-0.05, 0) is 26.2 Å². The minimum absolute atomic E-state index is 1.71. The van der Waals surface area contributed by atoms with Gasteiger partial charge in [0, 0.05) is 0 Å². The van der Waals surface area contributed by atoms with Crippen molar-refractivity contribution in [2.24, 2.45) is 0 Å². The van der Waals surface area contributed by atoms with Gasteiger partial charge in [0.15, 0.2) is 0 Å². The van der Waals surface area contributed by atoms with Gasteiger partial charge in [0.25, 0.3) is 19.7 Å².